The van der Waals surface area contributed by atoms with Gasteiger partial charge >= 0.3 is 0 Å². The predicted molar refractivity (Wildman–Crippen MR) is 67.3 cm³/mol. The molecule has 0 fully saturated rings. The first kappa shape index (κ1) is 13.9. The molecule has 0 atom stereocenters. The van der Waals surface area contributed by atoms with Crippen LogP contribution in [0.1, 0.15) is 30.6 Å². The van der Waals surface area contributed by atoms with Crippen LogP contribution in [-0.4, -0.2) is 31.7 Å². The summed E-state index contributed by atoms with van der Waals surface area (Å²) in [7, 11) is 0. The highest BCUT2D eigenvalue weighted by molar-refractivity contribution is 5.96. The normalized spacial score (nSPS) is 10.8. The zero-order valence-corrected chi connectivity index (χ0v) is 10.5. The summed E-state index contributed by atoms with van der Waals surface area (Å²) in [6.07, 6.45) is 0.649. The highest BCUT2D eigenvalue weighted by Gasteiger charge is 2.04. The minimum absolute atomic E-state index is 0.121. The smallest absolute Gasteiger partial charge is 0.165 e. The van der Waals surface area contributed by atoms with Gasteiger partial charge in [-0.3, -0.25) is 4.79 Å². The van der Waals surface area contributed by atoms with Crippen LogP contribution in [0.3, 0.4) is 0 Å². The van der Waals surface area contributed by atoms with Crippen LogP contribution >= 0.6 is 0 Å². The van der Waals surface area contributed by atoms with E-state index in [9.17, 15) is 4.79 Å². The molecular formula is C14H20O3. The van der Waals surface area contributed by atoms with Gasteiger partial charge in [0.1, 0.15) is 0 Å². The number of ketones is 1. The summed E-state index contributed by atoms with van der Waals surface area (Å²) in [6.45, 7) is 5.55. The van der Waals surface area contributed by atoms with Gasteiger partial charge in [-0.25, -0.2) is 0 Å². The van der Waals surface area contributed by atoms with E-state index in [0.717, 1.165) is 5.56 Å². The second-order valence-corrected chi connectivity index (χ2v) is 4.07. The first-order chi connectivity index (χ1) is 8.20. The Morgan fingerprint density at radius 2 is 1.82 bits per heavy atom. The molecule has 0 radical (unpaired) electrons. The van der Waals surface area contributed by atoms with Crippen LogP contribution in [0.2, 0.25) is 0 Å². The Balaban J connectivity index is 2.09. The molecule has 0 bridgehead atoms. The summed E-state index contributed by atoms with van der Waals surface area (Å²) in [5.74, 6) is 0.121. The Kier molecular flexibility index (Phi) is 6.51. The second kappa shape index (κ2) is 7.98. The number of hydrogen-bond acceptors (Lipinski definition) is 3. The largest absolute Gasteiger partial charge is 0.379 e. The van der Waals surface area contributed by atoms with Crippen molar-refractivity contribution in [1.29, 1.82) is 0 Å². The van der Waals surface area contributed by atoms with E-state index in [1.54, 1.807) is 0 Å². The quantitative estimate of drug-likeness (QED) is 0.514. The molecule has 1 aromatic rings. The fourth-order valence-corrected chi connectivity index (χ4v) is 1.38. The number of rotatable bonds is 8. The van der Waals surface area contributed by atoms with Gasteiger partial charge in [0.25, 0.3) is 0 Å². The van der Waals surface area contributed by atoms with E-state index >= 15 is 0 Å². The molecule has 0 spiro atoms. The molecule has 1 rings (SSSR count). The van der Waals surface area contributed by atoms with Gasteiger partial charge in [0, 0.05) is 12.0 Å². The van der Waals surface area contributed by atoms with E-state index in [-0.39, 0.29) is 11.9 Å². The van der Waals surface area contributed by atoms with E-state index in [4.69, 9.17) is 9.47 Å². The molecule has 17 heavy (non-hydrogen) atoms. The van der Waals surface area contributed by atoms with Gasteiger partial charge in [0.2, 0.25) is 0 Å². The van der Waals surface area contributed by atoms with Crippen molar-refractivity contribution in [3.8, 4) is 0 Å². The van der Waals surface area contributed by atoms with Crippen molar-refractivity contribution >= 4 is 5.78 Å². The number of hydrogen-bond donors (Lipinski definition) is 0. The summed E-state index contributed by atoms with van der Waals surface area (Å²) < 4.78 is 10.7. The lowest BCUT2D eigenvalue weighted by atomic mass is 10.1. The number of benzene rings is 1. The average molecular weight is 236 g/mol. The minimum atomic E-state index is 0.121. The van der Waals surface area contributed by atoms with Gasteiger partial charge in [-0.2, -0.15) is 0 Å². The van der Waals surface area contributed by atoms with Crippen LogP contribution in [0.4, 0.5) is 0 Å². The Labute approximate surface area is 103 Å². The fourth-order valence-electron chi connectivity index (χ4n) is 1.38. The predicted octanol–water partition coefficient (Wildman–Crippen LogP) is 2.70. The van der Waals surface area contributed by atoms with Gasteiger partial charge in [0.15, 0.2) is 5.78 Å². The molecule has 0 heterocycles. The molecule has 0 aliphatic carbocycles. The number of carbonyl (C=O) groups excluding carboxylic acids is 1. The van der Waals surface area contributed by atoms with E-state index in [1.807, 2.05) is 44.2 Å². The SMILES string of the molecule is CC(C)OCCOCCC(=O)c1ccccc1. The monoisotopic (exact) mass is 236 g/mol. The standard InChI is InChI=1S/C14H20O3/c1-12(2)17-11-10-16-9-8-14(15)13-6-4-3-5-7-13/h3-7,12H,8-11H2,1-2H3. The van der Waals surface area contributed by atoms with Gasteiger partial charge in [-0.05, 0) is 13.8 Å². The molecule has 0 N–H and O–H groups in total. The van der Waals surface area contributed by atoms with E-state index in [0.29, 0.717) is 26.2 Å². The number of Topliss-reactive ketones (excluding diaryl/α,β-unsaturated/α-hetero) is 1. The topological polar surface area (TPSA) is 35.5 Å². The highest BCUT2D eigenvalue weighted by Crippen LogP contribution is 2.02. The van der Waals surface area contributed by atoms with E-state index < -0.39 is 0 Å². The van der Waals surface area contributed by atoms with Crippen molar-refractivity contribution < 1.29 is 14.3 Å². The minimum Gasteiger partial charge on any atom is -0.379 e. The number of carbonyl (C=O) groups is 1. The summed E-state index contributed by atoms with van der Waals surface area (Å²) >= 11 is 0. The molecule has 0 aliphatic heterocycles. The third-order valence-corrected chi connectivity index (χ3v) is 2.25. The van der Waals surface area contributed by atoms with Crippen molar-refractivity contribution in [2.75, 3.05) is 19.8 Å². The van der Waals surface area contributed by atoms with Crippen molar-refractivity contribution in [2.24, 2.45) is 0 Å². The second-order valence-electron chi connectivity index (χ2n) is 4.07. The Bertz CT molecular complexity index is 319. The molecule has 0 amide bonds. The van der Waals surface area contributed by atoms with Crippen molar-refractivity contribution in [3.05, 3.63) is 35.9 Å². The maximum absolute atomic E-state index is 11.7. The molecule has 0 saturated heterocycles. The third kappa shape index (κ3) is 6.19. The summed E-state index contributed by atoms with van der Waals surface area (Å²) in [5, 5.41) is 0. The van der Waals surface area contributed by atoms with Crippen LogP contribution in [0, 0.1) is 0 Å². The molecule has 0 saturated carbocycles. The van der Waals surface area contributed by atoms with Crippen LogP contribution in [0.25, 0.3) is 0 Å². The summed E-state index contributed by atoms with van der Waals surface area (Å²) in [6, 6.07) is 9.28. The lowest BCUT2D eigenvalue weighted by Crippen LogP contribution is -2.11. The van der Waals surface area contributed by atoms with Gasteiger partial charge < -0.3 is 9.47 Å². The zero-order valence-electron chi connectivity index (χ0n) is 10.5. The average Bonchev–Trinajstić information content (AvgIpc) is 2.34. The molecule has 1 aromatic carbocycles. The maximum atomic E-state index is 11.7. The molecule has 0 aliphatic rings. The summed E-state index contributed by atoms with van der Waals surface area (Å²) in [4.78, 5) is 11.7. The highest BCUT2D eigenvalue weighted by atomic mass is 16.5. The third-order valence-electron chi connectivity index (χ3n) is 2.25. The van der Waals surface area contributed by atoms with E-state index in [2.05, 4.69) is 0 Å². The molecule has 0 aromatic heterocycles. The van der Waals surface area contributed by atoms with Crippen LogP contribution < -0.4 is 0 Å². The molecule has 3 nitrogen and oxygen atoms in total. The van der Waals surface area contributed by atoms with Crippen LogP contribution in [0.5, 0.6) is 0 Å². The molecule has 3 heteroatoms. The first-order valence-corrected chi connectivity index (χ1v) is 5.97. The van der Waals surface area contributed by atoms with E-state index in [1.165, 1.54) is 0 Å². The molecular weight excluding hydrogens is 216 g/mol. The zero-order chi connectivity index (χ0) is 12.5. The van der Waals surface area contributed by atoms with Gasteiger partial charge in [-0.1, -0.05) is 30.3 Å². The van der Waals surface area contributed by atoms with Crippen LogP contribution in [-0.2, 0) is 9.47 Å². The van der Waals surface area contributed by atoms with Gasteiger partial charge in [-0.15, -0.1) is 0 Å². The van der Waals surface area contributed by atoms with Crippen molar-refractivity contribution in [2.45, 2.75) is 26.4 Å². The first-order valence-electron chi connectivity index (χ1n) is 5.97. The Morgan fingerprint density at radius 1 is 1.12 bits per heavy atom. The molecule has 94 valence electrons. The maximum Gasteiger partial charge on any atom is 0.165 e. The fraction of sp³-hybridized carbons (Fsp3) is 0.500. The lowest BCUT2D eigenvalue weighted by Gasteiger charge is -2.07. The van der Waals surface area contributed by atoms with Crippen molar-refractivity contribution in [3.63, 3.8) is 0 Å². The summed E-state index contributed by atoms with van der Waals surface area (Å²) in [5.41, 5.74) is 0.745. The van der Waals surface area contributed by atoms with Crippen LogP contribution in [0.15, 0.2) is 30.3 Å². The number of ether oxygens (including phenoxy) is 2. The van der Waals surface area contributed by atoms with Gasteiger partial charge in [0.05, 0.1) is 25.9 Å². The Hall–Kier alpha value is -1.19. The molecule has 0 unspecified atom stereocenters. The van der Waals surface area contributed by atoms with Crippen molar-refractivity contribution in [1.82, 2.24) is 0 Å². The lowest BCUT2D eigenvalue weighted by molar-refractivity contribution is 0.0191. The Morgan fingerprint density at radius 3 is 2.47 bits per heavy atom.